The summed E-state index contributed by atoms with van der Waals surface area (Å²) in [5.41, 5.74) is 0.0218. The van der Waals surface area contributed by atoms with Crippen LogP contribution >= 0.6 is 15.9 Å². The average molecular weight is 411 g/mol. The molecular weight excluding hydrogens is 392 g/mol. The van der Waals surface area contributed by atoms with Crippen LogP contribution in [0.4, 0.5) is 5.69 Å². The van der Waals surface area contributed by atoms with Crippen LogP contribution in [0, 0.1) is 16.0 Å². The van der Waals surface area contributed by atoms with Crippen LogP contribution in [-0.2, 0) is 4.74 Å². The minimum absolute atomic E-state index is 0.168. The largest absolute Gasteiger partial charge is 0.467 e. The highest BCUT2D eigenvalue weighted by Gasteiger charge is 2.21. The van der Waals surface area contributed by atoms with E-state index in [-0.39, 0.29) is 17.9 Å². The van der Waals surface area contributed by atoms with Crippen LogP contribution in [-0.4, -0.2) is 24.0 Å². The maximum Gasteiger partial charge on any atom is 0.284 e. The van der Waals surface area contributed by atoms with Gasteiger partial charge in [-0.3, -0.25) is 14.9 Å². The van der Waals surface area contributed by atoms with Crippen molar-refractivity contribution in [1.29, 1.82) is 0 Å². The molecule has 0 radical (unpaired) electrons. The highest BCUT2D eigenvalue weighted by Crippen LogP contribution is 2.26. The number of nitrogens with zero attached hydrogens (tertiary/aromatic N) is 1. The zero-order valence-electron chi connectivity index (χ0n) is 13.9. The highest BCUT2D eigenvalue weighted by atomic mass is 79.9. The molecule has 0 saturated heterocycles. The van der Waals surface area contributed by atoms with Crippen molar-refractivity contribution in [2.75, 3.05) is 13.2 Å². The van der Waals surface area contributed by atoms with Crippen molar-refractivity contribution in [2.24, 2.45) is 5.92 Å². The van der Waals surface area contributed by atoms with E-state index in [1.807, 2.05) is 13.8 Å². The number of ether oxygens (including phenoxy) is 1. The number of rotatable bonds is 8. The van der Waals surface area contributed by atoms with Crippen LogP contribution in [0.3, 0.4) is 0 Å². The molecule has 7 nitrogen and oxygen atoms in total. The predicted molar refractivity (Wildman–Crippen MR) is 95.4 cm³/mol. The SMILES string of the molecule is CC(C)COC[C@@H](NC(=O)c1ccc(Br)c([N+](=O)[O-])c1)c1ccco1. The van der Waals surface area contributed by atoms with Crippen LogP contribution < -0.4 is 5.32 Å². The summed E-state index contributed by atoms with van der Waals surface area (Å²) in [7, 11) is 0. The van der Waals surface area contributed by atoms with Gasteiger partial charge in [-0.15, -0.1) is 0 Å². The normalized spacial score (nSPS) is 12.2. The van der Waals surface area contributed by atoms with E-state index in [1.54, 1.807) is 12.1 Å². The number of nitro benzene ring substituents is 1. The minimum atomic E-state index is -0.545. The Morgan fingerprint density at radius 1 is 1.36 bits per heavy atom. The Morgan fingerprint density at radius 3 is 2.72 bits per heavy atom. The Kier molecular flexibility index (Phi) is 6.72. The second kappa shape index (κ2) is 8.77. The molecule has 25 heavy (non-hydrogen) atoms. The van der Waals surface area contributed by atoms with Gasteiger partial charge in [0.2, 0.25) is 0 Å². The topological polar surface area (TPSA) is 94.6 Å². The lowest BCUT2D eigenvalue weighted by Gasteiger charge is -2.18. The molecule has 0 spiro atoms. The third kappa shape index (κ3) is 5.40. The molecule has 0 aliphatic carbocycles. The molecule has 134 valence electrons. The van der Waals surface area contributed by atoms with Gasteiger partial charge >= 0.3 is 0 Å². The molecule has 0 aliphatic heterocycles. The molecule has 0 bridgehead atoms. The Bertz CT molecular complexity index is 731. The fraction of sp³-hybridized carbons (Fsp3) is 0.353. The number of nitrogens with one attached hydrogen (secondary N) is 1. The summed E-state index contributed by atoms with van der Waals surface area (Å²) in [4.78, 5) is 23.0. The molecule has 2 rings (SSSR count). The van der Waals surface area contributed by atoms with Gasteiger partial charge in [-0.1, -0.05) is 13.8 Å². The molecule has 1 aromatic carbocycles. The van der Waals surface area contributed by atoms with Gasteiger partial charge in [-0.05, 0) is 46.1 Å². The number of amides is 1. The maximum absolute atomic E-state index is 12.5. The van der Waals surface area contributed by atoms with Crippen molar-refractivity contribution in [3.63, 3.8) is 0 Å². The highest BCUT2D eigenvalue weighted by molar-refractivity contribution is 9.10. The molecule has 0 unspecified atom stereocenters. The van der Waals surface area contributed by atoms with E-state index in [0.717, 1.165) is 0 Å². The van der Waals surface area contributed by atoms with Crippen molar-refractivity contribution < 1.29 is 18.9 Å². The molecule has 0 aliphatic rings. The number of carbonyl (C=O) groups excluding carboxylic acids is 1. The summed E-state index contributed by atoms with van der Waals surface area (Å²) in [5, 5.41) is 13.8. The first kappa shape index (κ1) is 19.1. The third-order valence-corrected chi connectivity index (χ3v) is 4.00. The van der Waals surface area contributed by atoms with Crippen molar-refractivity contribution in [2.45, 2.75) is 19.9 Å². The fourth-order valence-electron chi connectivity index (χ4n) is 2.14. The molecule has 1 amide bonds. The Morgan fingerprint density at radius 2 is 2.12 bits per heavy atom. The van der Waals surface area contributed by atoms with Crippen molar-refractivity contribution >= 4 is 27.5 Å². The van der Waals surface area contributed by atoms with Crippen molar-refractivity contribution in [3.05, 3.63) is 62.5 Å². The first-order valence-corrected chi connectivity index (χ1v) is 8.53. The van der Waals surface area contributed by atoms with Gasteiger partial charge in [0.15, 0.2) is 0 Å². The van der Waals surface area contributed by atoms with Gasteiger partial charge in [0.1, 0.15) is 11.8 Å². The zero-order valence-corrected chi connectivity index (χ0v) is 15.5. The second-order valence-corrected chi connectivity index (χ2v) is 6.75. The van der Waals surface area contributed by atoms with Crippen LogP contribution in [0.5, 0.6) is 0 Å². The Labute approximate surface area is 153 Å². The molecule has 1 aromatic heterocycles. The summed E-state index contributed by atoms with van der Waals surface area (Å²) in [6.45, 7) is 4.86. The van der Waals surface area contributed by atoms with Gasteiger partial charge in [-0.25, -0.2) is 0 Å². The van der Waals surface area contributed by atoms with Gasteiger partial charge in [0.25, 0.3) is 11.6 Å². The standard InChI is InChI=1S/C17H19BrN2O5/c1-11(2)9-24-10-14(16-4-3-7-25-16)19-17(21)12-5-6-13(18)15(8-12)20(22)23/h3-8,11,14H,9-10H2,1-2H3,(H,19,21)/t14-/m1/s1. The second-order valence-electron chi connectivity index (χ2n) is 5.90. The summed E-state index contributed by atoms with van der Waals surface area (Å²) in [6.07, 6.45) is 1.52. The monoisotopic (exact) mass is 410 g/mol. The number of carbonyl (C=O) groups is 1. The summed E-state index contributed by atoms with van der Waals surface area (Å²) < 4.78 is 11.3. The molecular formula is C17H19BrN2O5. The first-order valence-electron chi connectivity index (χ1n) is 7.74. The van der Waals surface area contributed by atoms with E-state index >= 15 is 0 Å². The summed E-state index contributed by atoms with van der Waals surface area (Å²) in [5.74, 6) is 0.482. The molecule has 1 N–H and O–H groups in total. The number of nitro groups is 1. The molecule has 0 saturated carbocycles. The number of hydrogen-bond donors (Lipinski definition) is 1. The first-order chi connectivity index (χ1) is 11.9. The smallest absolute Gasteiger partial charge is 0.284 e. The number of furan rings is 1. The lowest BCUT2D eigenvalue weighted by atomic mass is 10.1. The van der Waals surface area contributed by atoms with Gasteiger partial charge in [0.05, 0.1) is 22.3 Å². The molecule has 1 atom stereocenters. The van der Waals surface area contributed by atoms with Crippen LogP contribution in [0.2, 0.25) is 0 Å². The fourth-order valence-corrected chi connectivity index (χ4v) is 2.53. The predicted octanol–water partition coefficient (Wildman–Crippen LogP) is 4.09. The molecule has 1 heterocycles. The van der Waals surface area contributed by atoms with Crippen LogP contribution in [0.15, 0.2) is 45.5 Å². The van der Waals surface area contributed by atoms with Gasteiger partial charge in [0, 0.05) is 18.2 Å². The maximum atomic E-state index is 12.5. The molecule has 8 heteroatoms. The number of hydrogen-bond acceptors (Lipinski definition) is 5. The molecule has 2 aromatic rings. The van der Waals surface area contributed by atoms with Crippen molar-refractivity contribution in [1.82, 2.24) is 5.32 Å². The Hall–Kier alpha value is -2.19. The number of benzene rings is 1. The minimum Gasteiger partial charge on any atom is -0.467 e. The molecule has 0 fully saturated rings. The third-order valence-electron chi connectivity index (χ3n) is 3.33. The van der Waals surface area contributed by atoms with E-state index in [0.29, 0.717) is 22.8 Å². The van der Waals surface area contributed by atoms with E-state index in [9.17, 15) is 14.9 Å². The number of halogens is 1. The zero-order chi connectivity index (χ0) is 18.4. The van der Waals surface area contributed by atoms with E-state index in [4.69, 9.17) is 9.15 Å². The van der Waals surface area contributed by atoms with E-state index in [1.165, 1.54) is 24.5 Å². The van der Waals surface area contributed by atoms with E-state index < -0.39 is 16.9 Å². The summed E-state index contributed by atoms with van der Waals surface area (Å²) >= 11 is 3.10. The summed E-state index contributed by atoms with van der Waals surface area (Å²) in [6, 6.07) is 7.21. The lowest BCUT2D eigenvalue weighted by molar-refractivity contribution is -0.385. The van der Waals surface area contributed by atoms with E-state index in [2.05, 4.69) is 21.2 Å². The quantitative estimate of drug-likeness (QED) is 0.522. The van der Waals surface area contributed by atoms with Gasteiger partial charge < -0.3 is 14.5 Å². The average Bonchev–Trinajstić information content (AvgIpc) is 3.08. The van der Waals surface area contributed by atoms with Gasteiger partial charge in [-0.2, -0.15) is 0 Å². The van der Waals surface area contributed by atoms with Crippen molar-refractivity contribution in [3.8, 4) is 0 Å². The Balaban J connectivity index is 2.13. The lowest BCUT2D eigenvalue weighted by Crippen LogP contribution is -2.31. The van der Waals surface area contributed by atoms with Crippen LogP contribution in [0.25, 0.3) is 0 Å². The van der Waals surface area contributed by atoms with Crippen LogP contribution in [0.1, 0.15) is 36.0 Å².